The minimum Gasteiger partial charge on any atom is -1.00 e. The van der Waals surface area contributed by atoms with Gasteiger partial charge in [-0.2, -0.15) is 0 Å². The Labute approximate surface area is 153 Å². The summed E-state index contributed by atoms with van der Waals surface area (Å²) >= 11 is 0. The van der Waals surface area contributed by atoms with Gasteiger partial charge in [0.15, 0.2) is 0 Å². The van der Waals surface area contributed by atoms with E-state index in [0.29, 0.717) is 0 Å². The summed E-state index contributed by atoms with van der Waals surface area (Å²) in [6.45, 7) is 9.26. The summed E-state index contributed by atoms with van der Waals surface area (Å²) in [5.41, 5.74) is 3.00. The average Bonchev–Trinajstić information content (AvgIpc) is 2.43. The van der Waals surface area contributed by atoms with Gasteiger partial charge in [-0.15, -0.1) is 0 Å². The smallest absolute Gasteiger partial charge is 1.00 e. The zero-order valence-electron chi connectivity index (χ0n) is 16.7. The Balaban J connectivity index is -0.000000405. The number of aryl methyl sites for hydroxylation is 2. The molecule has 2 unspecified atom stereocenters. The second kappa shape index (κ2) is 13.1. The van der Waals surface area contributed by atoms with E-state index in [1.807, 2.05) is 0 Å². The number of hydrogen-bond donors (Lipinski definition) is 0. The molecule has 1 aromatic rings. The van der Waals surface area contributed by atoms with Crippen LogP contribution in [0.5, 0.6) is 0 Å². The molecule has 0 aliphatic carbocycles. The molecule has 0 aromatic heterocycles. The fourth-order valence-electron chi connectivity index (χ4n) is 2.11. The summed E-state index contributed by atoms with van der Waals surface area (Å²) in [6.07, 6.45) is 7.71. The first-order chi connectivity index (χ1) is 8.65. The SMILES string of the molecule is CCC(C)CCc1ccc(CCC(C)CC)cc1.[H-].[H-].[Li+].[Li+]. The van der Waals surface area contributed by atoms with Crippen LogP contribution in [0.4, 0.5) is 0 Å². The molecule has 0 aliphatic heterocycles. The largest absolute Gasteiger partial charge is 1.00 e. The first kappa shape index (κ1) is 22.7. The molecule has 2 heteroatoms. The molecular weight excluding hydrogens is 230 g/mol. The molecule has 1 aromatic carbocycles. The van der Waals surface area contributed by atoms with Crippen molar-refractivity contribution < 1.29 is 40.6 Å². The van der Waals surface area contributed by atoms with Gasteiger partial charge in [0.25, 0.3) is 0 Å². The molecule has 0 radical (unpaired) electrons. The molecule has 2 atom stereocenters. The molecule has 20 heavy (non-hydrogen) atoms. The van der Waals surface area contributed by atoms with Gasteiger partial charge in [0.05, 0.1) is 0 Å². The Kier molecular flexibility index (Phi) is 14.9. The van der Waals surface area contributed by atoms with E-state index in [0.717, 1.165) is 11.8 Å². The molecule has 106 valence electrons. The predicted molar refractivity (Wildman–Crippen MR) is 84.2 cm³/mol. The maximum absolute atomic E-state index is 2.35. The molecule has 0 bridgehead atoms. The van der Waals surface area contributed by atoms with E-state index >= 15 is 0 Å². The van der Waals surface area contributed by atoms with Gasteiger partial charge in [-0.1, -0.05) is 64.8 Å². The third-order valence-corrected chi connectivity index (χ3v) is 4.27. The van der Waals surface area contributed by atoms with Crippen molar-refractivity contribution in [2.45, 2.75) is 66.2 Å². The zero-order chi connectivity index (χ0) is 13.4. The van der Waals surface area contributed by atoms with Crippen LogP contribution in [0.1, 0.15) is 67.4 Å². The summed E-state index contributed by atoms with van der Waals surface area (Å²) in [4.78, 5) is 0. The summed E-state index contributed by atoms with van der Waals surface area (Å²) < 4.78 is 0. The van der Waals surface area contributed by atoms with Crippen molar-refractivity contribution in [3.05, 3.63) is 35.4 Å². The van der Waals surface area contributed by atoms with Crippen LogP contribution in [0, 0.1) is 11.8 Å². The number of rotatable bonds is 8. The van der Waals surface area contributed by atoms with Crippen LogP contribution in [0.15, 0.2) is 24.3 Å². The summed E-state index contributed by atoms with van der Waals surface area (Å²) in [5, 5.41) is 0. The van der Waals surface area contributed by atoms with Crippen LogP contribution in [0.25, 0.3) is 0 Å². The monoisotopic (exact) mass is 262 g/mol. The zero-order valence-corrected chi connectivity index (χ0v) is 14.7. The van der Waals surface area contributed by atoms with Gasteiger partial charge < -0.3 is 2.85 Å². The maximum atomic E-state index is 2.35. The van der Waals surface area contributed by atoms with Crippen LogP contribution in [0.3, 0.4) is 0 Å². The van der Waals surface area contributed by atoms with Crippen LogP contribution in [0.2, 0.25) is 0 Å². The molecule has 0 heterocycles. The van der Waals surface area contributed by atoms with Gasteiger partial charge in [-0.25, -0.2) is 0 Å². The summed E-state index contributed by atoms with van der Waals surface area (Å²) in [7, 11) is 0. The molecule has 0 N–H and O–H groups in total. The Bertz CT molecular complexity index is 295. The van der Waals surface area contributed by atoms with Crippen LogP contribution in [-0.4, -0.2) is 0 Å². The van der Waals surface area contributed by atoms with Crippen molar-refractivity contribution in [1.29, 1.82) is 0 Å². The molecule has 0 aliphatic rings. The predicted octanol–water partition coefficient (Wildman–Crippen LogP) is -0.123. The normalized spacial score (nSPS) is 13.0. The van der Waals surface area contributed by atoms with Crippen molar-refractivity contribution >= 4 is 0 Å². The Hall–Kier alpha value is 0.415. The molecule has 0 saturated carbocycles. The molecule has 0 saturated heterocycles. The number of benzene rings is 1. The second-order valence-electron chi connectivity index (χ2n) is 5.92. The van der Waals surface area contributed by atoms with Gasteiger partial charge in [-0.05, 0) is 48.6 Å². The van der Waals surface area contributed by atoms with Gasteiger partial charge in [0.1, 0.15) is 0 Å². The molecule has 0 spiro atoms. The molecule has 0 fully saturated rings. The van der Waals surface area contributed by atoms with Gasteiger partial charge >= 0.3 is 37.7 Å². The van der Waals surface area contributed by atoms with E-state index < -0.39 is 0 Å². The quantitative estimate of drug-likeness (QED) is 0.573. The maximum Gasteiger partial charge on any atom is 1.00 e. The van der Waals surface area contributed by atoms with E-state index in [2.05, 4.69) is 52.0 Å². The van der Waals surface area contributed by atoms with E-state index in [1.165, 1.54) is 49.7 Å². The van der Waals surface area contributed by atoms with Crippen molar-refractivity contribution in [1.82, 2.24) is 0 Å². The third kappa shape index (κ3) is 9.37. The first-order valence-electron chi connectivity index (χ1n) is 7.73. The van der Waals surface area contributed by atoms with Crippen LogP contribution >= 0.6 is 0 Å². The van der Waals surface area contributed by atoms with Gasteiger partial charge in [0, 0.05) is 0 Å². The molecule has 0 amide bonds. The summed E-state index contributed by atoms with van der Waals surface area (Å²) in [5.74, 6) is 1.71. The Morgan fingerprint density at radius 3 is 1.30 bits per heavy atom. The Morgan fingerprint density at radius 2 is 1.05 bits per heavy atom. The van der Waals surface area contributed by atoms with E-state index in [9.17, 15) is 0 Å². The van der Waals surface area contributed by atoms with Crippen LogP contribution < -0.4 is 37.7 Å². The molecular formula is C18H32Li2. The topological polar surface area (TPSA) is 0 Å². The minimum absolute atomic E-state index is 0. The van der Waals surface area contributed by atoms with E-state index in [4.69, 9.17) is 0 Å². The van der Waals surface area contributed by atoms with Gasteiger partial charge in [-0.3, -0.25) is 0 Å². The average molecular weight is 262 g/mol. The fraction of sp³-hybridized carbons (Fsp3) is 0.667. The summed E-state index contributed by atoms with van der Waals surface area (Å²) in [6, 6.07) is 9.31. The van der Waals surface area contributed by atoms with Crippen molar-refractivity contribution in [3.63, 3.8) is 0 Å². The molecule has 0 nitrogen and oxygen atoms in total. The third-order valence-electron chi connectivity index (χ3n) is 4.27. The van der Waals surface area contributed by atoms with Crippen molar-refractivity contribution in [3.8, 4) is 0 Å². The van der Waals surface area contributed by atoms with Crippen molar-refractivity contribution in [2.75, 3.05) is 0 Å². The van der Waals surface area contributed by atoms with Crippen molar-refractivity contribution in [2.24, 2.45) is 11.8 Å². The standard InChI is InChI=1S/C18H30.2Li.2H/c1-5-15(3)7-9-17-11-13-18(14-12-17)10-8-16(4)6-2;;;;/h11-16H,5-10H2,1-4H3;;;;/q;2*+1;2*-1. The van der Waals surface area contributed by atoms with E-state index in [1.54, 1.807) is 0 Å². The van der Waals surface area contributed by atoms with Gasteiger partial charge in [0.2, 0.25) is 0 Å². The minimum atomic E-state index is 0. The van der Waals surface area contributed by atoms with E-state index in [-0.39, 0.29) is 40.6 Å². The van der Waals surface area contributed by atoms with Crippen LogP contribution in [-0.2, 0) is 12.8 Å². The fourth-order valence-corrected chi connectivity index (χ4v) is 2.11. The first-order valence-corrected chi connectivity index (χ1v) is 7.73. The Morgan fingerprint density at radius 1 is 0.750 bits per heavy atom. The number of hydrogen-bond acceptors (Lipinski definition) is 0. The molecule has 1 rings (SSSR count). The second-order valence-corrected chi connectivity index (χ2v) is 5.92.